The van der Waals surface area contributed by atoms with Crippen LogP contribution in [0.3, 0.4) is 0 Å². The molecule has 1 heterocycles. The summed E-state index contributed by atoms with van der Waals surface area (Å²) in [6.45, 7) is 0.411. The van der Waals surface area contributed by atoms with Crippen LogP contribution < -0.4 is 14.2 Å². The Bertz CT molecular complexity index is 904. The lowest BCUT2D eigenvalue weighted by atomic mass is 9.78. The van der Waals surface area contributed by atoms with Gasteiger partial charge in [0.2, 0.25) is 0 Å². The lowest BCUT2D eigenvalue weighted by Crippen LogP contribution is -2.23. The molecule has 0 saturated carbocycles. The van der Waals surface area contributed by atoms with Gasteiger partial charge in [-0.25, -0.2) is 0 Å². The second-order valence-corrected chi connectivity index (χ2v) is 6.95. The molecule has 2 aliphatic rings. The largest absolute Gasteiger partial charge is 0.504 e. The van der Waals surface area contributed by atoms with E-state index in [0.717, 1.165) is 22.3 Å². The number of hydrogen-bond acceptors (Lipinski definition) is 6. The molecular formula is C21H22O6. The van der Waals surface area contributed by atoms with Gasteiger partial charge in [-0.15, -0.1) is 0 Å². The summed E-state index contributed by atoms with van der Waals surface area (Å²) in [5.41, 5.74) is 3.84. The lowest BCUT2D eigenvalue weighted by Gasteiger charge is -2.25. The molecule has 1 N–H and O–H groups in total. The average Bonchev–Trinajstić information content (AvgIpc) is 3.00. The van der Waals surface area contributed by atoms with Crippen molar-refractivity contribution in [3.63, 3.8) is 0 Å². The van der Waals surface area contributed by atoms with Crippen LogP contribution >= 0.6 is 0 Å². The number of esters is 1. The van der Waals surface area contributed by atoms with E-state index in [9.17, 15) is 9.90 Å². The van der Waals surface area contributed by atoms with E-state index >= 15 is 0 Å². The van der Waals surface area contributed by atoms with Crippen LogP contribution in [-0.4, -0.2) is 39.0 Å². The third kappa shape index (κ3) is 2.85. The minimum atomic E-state index is -0.224. The summed E-state index contributed by atoms with van der Waals surface area (Å²) in [7, 11) is 4.72. The number of ether oxygens (including phenoxy) is 4. The number of carbonyl (C=O) groups is 1. The van der Waals surface area contributed by atoms with Gasteiger partial charge >= 0.3 is 5.97 Å². The number of carbonyl (C=O) groups excluding carboxylic acids is 1. The molecule has 0 amide bonds. The first-order chi connectivity index (χ1) is 13.0. The van der Waals surface area contributed by atoms with E-state index in [0.29, 0.717) is 36.7 Å². The van der Waals surface area contributed by atoms with Gasteiger partial charge in [-0.05, 0) is 59.4 Å². The van der Waals surface area contributed by atoms with Crippen LogP contribution in [0.15, 0.2) is 24.3 Å². The van der Waals surface area contributed by atoms with Crippen LogP contribution in [0.25, 0.3) is 11.1 Å². The number of fused-ring (bicyclic) bond motifs is 4. The highest BCUT2D eigenvalue weighted by Gasteiger charge is 2.39. The molecule has 2 aromatic rings. The van der Waals surface area contributed by atoms with Crippen molar-refractivity contribution in [1.82, 2.24) is 0 Å². The molecule has 6 nitrogen and oxygen atoms in total. The van der Waals surface area contributed by atoms with Crippen LogP contribution in [0, 0.1) is 11.8 Å². The summed E-state index contributed by atoms with van der Waals surface area (Å²) in [5.74, 6) is 1.41. The average molecular weight is 370 g/mol. The van der Waals surface area contributed by atoms with E-state index in [1.807, 2.05) is 18.2 Å². The van der Waals surface area contributed by atoms with Crippen molar-refractivity contribution in [3.8, 4) is 34.1 Å². The maximum Gasteiger partial charge on any atom is 0.309 e. The maximum atomic E-state index is 12.3. The van der Waals surface area contributed by atoms with E-state index < -0.39 is 0 Å². The summed E-state index contributed by atoms with van der Waals surface area (Å²) in [5, 5.41) is 10.3. The highest BCUT2D eigenvalue weighted by atomic mass is 16.5. The summed E-state index contributed by atoms with van der Waals surface area (Å²) in [4.78, 5) is 12.3. The molecule has 0 aromatic heterocycles. The molecule has 0 unspecified atom stereocenters. The van der Waals surface area contributed by atoms with Gasteiger partial charge in [0.15, 0.2) is 23.0 Å². The third-order valence-corrected chi connectivity index (χ3v) is 5.54. The SMILES string of the molecule is COc1cc2c(cc1O)C[C@@H]1C(=O)OC[C@@H]1Cc1cc(OC)c(OC)cc1-2. The number of hydrogen-bond donors (Lipinski definition) is 1. The van der Waals surface area contributed by atoms with Gasteiger partial charge < -0.3 is 24.1 Å². The molecule has 1 saturated heterocycles. The van der Waals surface area contributed by atoms with E-state index in [-0.39, 0.29) is 23.6 Å². The molecule has 6 heteroatoms. The molecule has 4 rings (SSSR count). The number of rotatable bonds is 3. The first-order valence-corrected chi connectivity index (χ1v) is 8.87. The Morgan fingerprint density at radius 1 is 0.889 bits per heavy atom. The van der Waals surface area contributed by atoms with Crippen molar-refractivity contribution < 1.29 is 28.8 Å². The van der Waals surface area contributed by atoms with Crippen LogP contribution in [0.1, 0.15) is 11.1 Å². The van der Waals surface area contributed by atoms with E-state index in [1.54, 1.807) is 20.3 Å². The normalized spacial score (nSPS) is 20.5. The molecule has 1 aliphatic heterocycles. The smallest absolute Gasteiger partial charge is 0.309 e. The molecule has 142 valence electrons. The second kappa shape index (κ2) is 6.68. The fraction of sp³-hybridized carbons (Fsp3) is 0.381. The summed E-state index contributed by atoms with van der Waals surface area (Å²) >= 11 is 0. The van der Waals surface area contributed by atoms with E-state index in [4.69, 9.17) is 18.9 Å². The standard InChI is InChI=1S/C21H22O6/c1-24-18-8-14-12(6-17(18)22)5-16-13(10-27-21(16)23)4-11-7-19(25-2)20(26-3)9-15(11)14/h6-9,13,16,22H,4-5,10H2,1-3H3/t13-,16-/m0/s1. The van der Waals surface area contributed by atoms with Gasteiger partial charge in [0.1, 0.15) is 0 Å². The Kier molecular flexibility index (Phi) is 4.34. The Labute approximate surface area is 157 Å². The summed E-state index contributed by atoms with van der Waals surface area (Å²) < 4.78 is 21.6. The predicted octanol–water partition coefficient (Wildman–Crippen LogP) is 2.97. The van der Waals surface area contributed by atoms with Gasteiger partial charge in [0.25, 0.3) is 0 Å². The zero-order chi connectivity index (χ0) is 19.1. The molecule has 0 radical (unpaired) electrons. The van der Waals surface area contributed by atoms with Gasteiger partial charge in [-0.2, -0.15) is 0 Å². The van der Waals surface area contributed by atoms with Gasteiger partial charge in [-0.1, -0.05) is 0 Å². The second-order valence-electron chi connectivity index (χ2n) is 6.95. The minimum absolute atomic E-state index is 0.0572. The highest BCUT2D eigenvalue weighted by Crippen LogP contribution is 2.45. The third-order valence-electron chi connectivity index (χ3n) is 5.54. The van der Waals surface area contributed by atoms with Crippen molar-refractivity contribution in [2.24, 2.45) is 11.8 Å². The first kappa shape index (κ1) is 17.5. The molecule has 0 bridgehead atoms. The quantitative estimate of drug-likeness (QED) is 0.838. The van der Waals surface area contributed by atoms with Crippen LogP contribution in [0.4, 0.5) is 0 Å². The maximum absolute atomic E-state index is 12.3. The minimum Gasteiger partial charge on any atom is -0.504 e. The Morgan fingerprint density at radius 2 is 1.48 bits per heavy atom. The Balaban J connectivity index is 1.97. The number of phenols is 1. The summed E-state index contributed by atoms with van der Waals surface area (Å²) in [6.07, 6.45) is 1.22. The topological polar surface area (TPSA) is 74.2 Å². The molecule has 0 spiro atoms. The number of methoxy groups -OCH3 is 3. The van der Waals surface area contributed by atoms with Crippen molar-refractivity contribution in [2.45, 2.75) is 12.8 Å². The fourth-order valence-electron chi connectivity index (χ4n) is 4.11. The van der Waals surface area contributed by atoms with Crippen LogP contribution in [0.5, 0.6) is 23.0 Å². The van der Waals surface area contributed by atoms with Gasteiger partial charge in [0.05, 0.1) is 33.9 Å². The Morgan fingerprint density at radius 3 is 2.15 bits per heavy atom. The molecule has 1 aliphatic carbocycles. The first-order valence-electron chi connectivity index (χ1n) is 8.87. The fourth-order valence-corrected chi connectivity index (χ4v) is 4.11. The highest BCUT2D eigenvalue weighted by molar-refractivity contribution is 5.80. The Hall–Kier alpha value is -2.89. The zero-order valence-electron chi connectivity index (χ0n) is 15.6. The molecule has 2 aromatic carbocycles. The van der Waals surface area contributed by atoms with Gasteiger partial charge in [0, 0.05) is 5.92 Å². The lowest BCUT2D eigenvalue weighted by molar-refractivity contribution is -0.141. The van der Waals surface area contributed by atoms with Crippen molar-refractivity contribution in [2.75, 3.05) is 27.9 Å². The van der Waals surface area contributed by atoms with E-state index in [2.05, 4.69) is 0 Å². The molecule has 1 fully saturated rings. The van der Waals surface area contributed by atoms with Crippen LogP contribution in [0.2, 0.25) is 0 Å². The number of cyclic esters (lactones) is 1. The monoisotopic (exact) mass is 370 g/mol. The number of benzene rings is 2. The summed E-state index contributed by atoms with van der Waals surface area (Å²) in [6, 6.07) is 7.41. The van der Waals surface area contributed by atoms with Crippen molar-refractivity contribution in [3.05, 3.63) is 35.4 Å². The zero-order valence-corrected chi connectivity index (χ0v) is 15.6. The van der Waals surface area contributed by atoms with Gasteiger partial charge in [-0.3, -0.25) is 4.79 Å². The predicted molar refractivity (Wildman–Crippen MR) is 98.5 cm³/mol. The number of phenolic OH excluding ortho intramolecular Hbond substituents is 1. The molecule has 2 atom stereocenters. The molecule has 27 heavy (non-hydrogen) atoms. The van der Waals surface area contributed by atoms with Crippen LogP contribution in [-0.2, 0) is 22.4 Å². The molecular weight excluding hydrogens is 348 g/mol. The van der Waals surface area contributed by atoms with Crippen molar-refractivity contribution >= 4 is 5.97 Å². The van der Waals surface area contributed by atoms with E-state index in [1.165, 1.54) is 7.11 Å². The number of aromatic hydroxyl groups is 1. The van der Waals surface area contributed by atoms with Crippen molar-refractivity contribution in [1.29, 1.82) is 0 Å².